The molecule has 1 amide bonds. The smallest absolute Gasteiger partial charge is 0.434 e. The molecule has 0 aliphatic carbocycles. The van der Waals surface area contributed by atoms with Crippen LogP contribution in [0.25, 0.3) is 11.4 Å². The summed E-state index contributed by atoms with van der Waals surface area (Å²) in [6.45, 7) is 0.526. The fourth-order valence-corrected chi connectivity index (χ4v) is 3.41. The largest absolute Gasteiger partial charge is 0.497 e. The van der Waals surface area contributed by atoms with Crippen molar-refractivity contribution < 1.29 is 32.3 Å². The lowest BCUT2D eigenvalue weighted by Gasteiger charge is -2.14. The van der Waals surface area contributed by atoms with Crippen molar-refractivity contribution in [3.05, 3.63) is 53.7 Å². The molecular weight excluding hydrogens is 482 g/mol. The number of nitrogens with zero attached hydrogens (tertiary/aromatic N) is 4. The first-order chi connectivity index (χ1) is 16.9. The van der Waals surface area contributed by atoms with E-state index in [0.29, 0.717) is 23.0 Å². The highest BCUT2D eigenvalue weighted by atomic mass is 32.2. The van der Waals surface area contributed by atoms with Crippen LogP contribution in [0.1, 0.15) is 11.5 Å². The lowest BCUT2D eigenvalue weighted by Crippen LogP contribution is -2.17. The molecule has 0 saturated carbocycles. The topological polar surface area (TPSA) is 108 Å². The molecule has 0 aliphatic heterocycles. The maximum Gasteiger partial charge on any atom is 0.434 e. The van der Waals surface area contributed by atoms with E-state index < -0.39 is 18.6 Å². The first-order valence-electron chi connectivity index (χ1n) is 10.2. The summed E-state index contributed by atoms with van der Waals surface area (Å²) in [7, 11) is 2.57. The normalized spacial score (nSPS) is 11.9. The second-order valence-corrected chi connectivity index (χ2v) is 7.55. The van der Waals surface area contributed by atoms with Crippen molar-refractivity contribution in [1.29, 1.82) is 0 Å². The molecule has 2 aromatic carbocycles. The van der Waals surface area contributed by atoms with Crippen LogP contribution in [0.4, 0.5) is 19.3 Å². The third-order valence-electron chi connectivity index (χ3n) is 4.50. The molecule has 3 aromatic rings. The number of carbonyl (C=O) groups excluding carboxylic acids is 1. The van der Waals surface area contributed by atoms with Crippen molar-refractivity contribution in [3.63, 3.8) is 0 Å². The Labute approximate surface area is 204 Å². The van der Waals surface area contributed by atoms with Crippen LogP contribution in [0.15, 0.2) is 50.9 Å². The van der Waals surface area contributed by atoms with Crippen molar-refractivity contribution in [3.8, 4) is 22.9 Å². The Balaban J connectivity index is 2.16. The maximum absolute atomic E-state index is 15.5. The van der Waals surface area contributed by atoms with Crippen LogP contribution >= 0.6 is 11.8 Å². The van der Waals surface area contributed by atoms with Gasteiger partial charge in [-0.1, -0.05) is 5.16 Å². The molecule has 0 bridgehead atoms. The second kappa shape index (κ2) is 12.1. The van der Waals surface area contributed by atoms with Gasteiger partial charge < -0.3 is 18.7 Å². The van der Waals surface area contributed by atoms with Gasteiger partial charge in [0.1, 0.15) is 29.8 Å². The summed E-state index contributed by atoms with van der Waals surface area (Å²) in [5.74, 6) is 0.0231. The Morgan fingerprint density at radius 3 is 2.51 bits per heavy atom. The van der Waals surface area contributed by atoms with Gasteiger partial charge in [0.25, 0.3) is 0 Å². The molecule has 9 nitrogen and oxygen atoms in total. The van der Waals surface area contributed by atoms with Crippen LogP contribution in [0, 0.1) is 12.7 Å². The van der Waals surface area contributed by atoms with Gasteiger partial charge in [-0.15, -0.1) is 11.8 Å². The molecule has 0 N–H and O–H groups in total. The molecule has 35 heavy (non-hydrogen) atoms. The quantitative estimate of drug-likeness (QED) is 0.305. The Hall–Kier alpha value is -3.80. The molecular formula is C23H22F2N4O5S. The van der Waals surface area contributed by atoms with Gasteiger partial charge in [-0.2, -0.15) is 9.98 Å². The zero-order valence-corrected chi connectivity index (χ0v) is 20.2. The molecule has 0 aliphatic rings. The molecule has 0 saturated heterocycles. The van der Waals surface area contributed by atoms with E-state index in [1.165, 1.54) is 26.4 Å². The van der Waals surface area contributed by atoms with E-state index >= 15 is 4.39 Å². The first kappa shape index (κ1) is 25.8. The molecule has 3 rings (SSSR count). The highest BCUT2D eigenvalue weighted by Crippen LogP contribution is 2.31. The van der Waals surface area contributed by atoms with Crippen molar-refractivity contribution in [2.75, 3.05) is 33.8 Å². The fraction of sp³-hybridized carbons (Fsp3) is 0.261. The monoisotopic (exact) mass is 504 g/mol. The zero-order chi connectivity index (χ0) is 25.4. The predicted molar refractivity (Wildman–Crippen MR) is 128 cm³/mol. The van der Waals surface area contributed by atoms with E-state index in [1.807, 2.05) is 0 Å². The summed E-state index contributed by atoms with van der Waals surface area (Å²) in [6.07, 6.45) is 0.763. The van der Waals surface area contributed by atoms with Crippen molar-refractivity contribution in [2.24, 2.45) is 9.98 Å². The molecule has 0 unspecified atom stereocenters. The van der Waals surface area contributed by atoms with Gasteiger partial charge in [-0.3, -0.25) is 0 Å². The van der Waals surface area contributed by atoms with Crippen molar-refractivity contribution in [1.82, 2.24) is 10.1 Å². The molecule has 184 valence electrons. The van der Waals surface area contributed by atoms with E-state index in [2.05, 4.69) is 24.9 Å². The third kappa shape index (κ3) is 6.41. The molecule has 12 heteroatoms. The van der Waals surface area contributed by atoms with Gasteiger partial charge >= 0.3 is 6.09 Å². The molecule has 0 atom stereocenters. The minimum atomic E-state index is -0.887. The lowest BCUT2D eigenvalue weighted by atomic mass is 10.1. The van der Waals surface area contributed by atoms with Crippen LogP contribution in [0.5, 0.6) is 11.5 Å². The number of carbonyl (C=O) groups is 1. The van der Waals surface area contributed by atoms with E-state index in [4.69, 9.17) is 14.0 Å². The van der Waals surface area contributed by atoms with Gasteiger partial charge in [-0.25, -0.2) is 18.6 Å². The zero-order valence-electron chi connectivity index (χ0n) is 19.4. The number of thioether (sulfide) groups is 1. The number of hydrogen-bond acceptors (Lipinski definition) is 9. The van der Waals surface area contributed by atoms with Crippen LogP contribution in [-0.2, 0) is 4.74 Å². The molecule has 0 fully saturated rings. The lowest BCUT2D eigenvalue weighted by molar-refractivity contribution is 0.183. The van der Waals surface area contributed by atoms with Gasteiger partial charge in [0.15, 0.2) is 11.6 Å². The number of rotatable bonds is 8. The number of aromatic nitrogens is 2. The third-order valence-corrected chi connectivity index (χ3v) is 5.17. The Bertz CT molecular complexity index is 1250. The van der Waals surface area contributed by atoms with Crippen LogP contribution in [-0.4, -0.2) is 60.7 Å². The standard InChI is InChI=1S/C23H22F2N4O5S/c1-13-26-21(29-34-13)14-5-7-15(8-6-14)27-20(22(35-4)28-23(30)32-3)17-11-16(31-2)12-18(19(17)25)33-10-9-24/h5-8,11-12H,9-10H2,1-4H3/b27-20-,28-22-. The average Bonchev–Trinajstić information content (AvgIpc) is 3.32. The van der Waals surface area contributed by atoms with E-state index in [9.17, 15) is 9.18 Å². The SMILES string of the molecule is COC(=O)/N=C(SC)/C(=N\c1ccc(-c2noc(C)n2)cc1)c1cc(OC)cc(OCCF)c1F. The van der Waals surface area contributed by atoms with Crippen molar-refractivity contribution in [2.45, 2.75) is 6.92 Å². The van der Waals surface area contributed by atoms with Crippen molar-refractivity contribution >= 4 is 34.3 Å². The number of halogens is 2. The summed E-state index contributed by atoms with van der Waals surface area (Å²) in [4.78, 5) is 24.5. The Morgan fingerprint density at radius 1 is 1.20 bits per heavy atom. The first-order valence-corrected chi connectivity index (χ1v) is 11.4. The summed E-state index contributed by atoms with van der Waals surface area (Å²) in [5, 5.41) is 3.95. The minimum Gasteiger partial charge on any atom is -0.497 e. The number of hydrogen-bond donors (Lipinski definition) is 0. The highest BCUT2D eigenvalue weighted by Gasteiger charge is 2.22. The summed E-state index contributed by atoms with van der Waals surface area (Å²) >= 11 is 1.06. The molecule has 0 spiro atoms. The second-order valence-electron chi connectivity index (χ2n) is 6.76. The molecule has 0 radical (unpaired) electrons. The van der Waals surface area contributed by atoms with E-state index in [-0.39, 0.29) is 34.4 Å². The van der Waals surface area contributed by atoms with Gasteiger partial charge in [-0.05, 0) is 36.6 Å². The minimum absolute atomic E-state index is 0.0209. The number of ether oxygens (including phenoxy) is 3. The van der Waals surface area contributed by atoms with E-state index in [0.717, 1.165) is 11.8 Å². The number of amides is 1. The highest BCUT2D eigenvalue weighted by molar-refractivity contribution is 8.15. The fourth-order valence-electron chi connectivity index (χ4n) is 2.89. The van der Waals surface area contributed by atoms with E-state index in [1.54, 1.807) is 37.4 Å². The van der Waals surface area contributed by atoms with Crippen LogP contribution in [0.3, 0.4) is 0 Å². The predicted octanol–water partition coefficient (Wildman–Crippen LogP) is 5.19. The summed E-state index contributed by atoms with van der Waals surface area (Å²) < 4.78 is 48.2. The number of methoxy groups -OCH3 is 2. The number of benzene rings is 2. The molecule has 1 heterocycles. The van der Waals surface area contributed by atoms with Crippen LogP contribution in [0.2, 0.25) is 0 Å². The number of aryl methyl sites for hydroxylation is 1. The molecule has 1 aromatic heterocycles. The number of aliphatic imine (C=N–C) groups is 2. The summed E-state index contributed by atoms with van der Waals surface area (Å²) in [5.41, 5.74) is 1.06. The van der Waals surface area contributed by atoms with Gasteiger partial charge in [0.2, 0.25) is 11.7 Å². The van der Waals surface area contributed by atoms with Crippen LogP contribution < -0.4 is 9.47 Å². The summed E-state index contributed by atoms with van der Waals surface area (Å²) in [6, 6.07) is 9.44. The Morgan fingerprint density at radius 2 is 1.94 bits per heavy atom. The maximum atomic E-state index is 15.5. The average molecular weight is 505 g/mol. The Kier molecular flexibility index (Phi) is 8.90. The van der Waals surface area contributed by atoms with Gasteiger partial charge in [0.05, 0.1) is 19.9 Å². The van der Waals surface area contributed by atoms with Gasteiger partial charge in [0, 0.05) is 24.1 Å². The number of alkyl halides is 1.